The van der Waals surface area contributed by atoms with Crippen LogP contribution in [0.3, 0.4) is 0 Å². The van der Waals surface area contributed by atoms with Gasteiger partial charge in [0.1, 0.15) is 5.78 Å². The van der Waals surface area contributed by atoms with Crippen LogP contribution in [-0.4, -0.2) is 5.78 Å². The molecule has 0 N–H and O–H groups in total. The molecule has 0 atom stereocenters. The van der Waals surface area contributed by atoms with E-state index in [1.54, 1.807) is 13.0 Å². The summed E-state index contributed by atoms with van der Waals surface area (Å²) in [5.41, 5.74) is 0.408. The lowest BCUT2D eigenvalue weighted by molar-refractivity contribution is -0.121. The van der Waals surface area contributed by atoms with Crippen molar-refractivity contribution in [2.75, 3.05) is 0 Å². The van der Waals surface area contributed by atoms with Gasteiger partial charge in [0.2, 0.25) is 0 Å². The summed E-state index contributed by atoms with van der Waals surface area (Å²) < 4.78 is 25.6. The van der Waals surface area contributed by atoms with Crippen molar-refractivity contribution in [1.29, 1.82) is 0 Å². The van der Waals surface area contributed by atoms with Gasteiger partial charge in [-0.1, -0.05) is 6.07 Å². The second kappa shape index (κ2) is 3.40. The van der Waals surface area contributed by atoms with Crippen LogP contribution in [0.4, 0.5) is 8.78 Å². The lowest BCUT2D eigenvalue weighted by Crippen LogP contribution is -2.15. The minimum absolute atomic E-state index is 0.146. The van der Waals surface area contributed by atoms with Crippen molar-refractivity contribution >= 4 is 5.78 Å². The Morgan fingerprint density at radius 3 is 2.47 bits per heavy atom. The highest BCUT2D eigenvalue weighted by Crippen LogP contribution is 2.49. The molecule has 3 heteroatoms. The monoisotopic (exact) mass is 210 g/mol. The molecule has 1 aromatic rings. The Morgan fingerprint density at radius 1 is 1.33 bits per heavy atom. The highest BCUT2D eigenvalue weighted by atomic mass is 19.2. The van der Waals surface area contributed by atoms with E-state index in [0.717, 1.165) is 18.9 Å². The zero-order valence-corrected chi connectivity index (χ0v) is 8.52. The van der Waals surface area contributed by atoms with E-state index in [4.69, 9.17) is 0 Å². The molecule has 1 aromatic carbocycles. The van der Waals surface area contributed by atoms with Crippen molar-refractivity contribution in [2.45, 2.75) is 26.2 Å². The number of carbonyl (C=O) groups excluding carboxylic acids is 1. The molecule has 0 saturated heterocycles. The lowest BCUT2D eigenvalue weighted by atomic mass is 9.93. The summed E-state index contributed by atoms with van der Waals surface area (Å²) in [6, 6.07) is 3.83. The van der Waals surface area contributed by atoms with Crippen molar-refractivity contribution in [3.05, 3.63) is 35.4 Å². The topological polar surface area (TPSA) is 17.1 Å². The molecule has 1 aliphatic rings. The van der Waals surface area contributed by atoms with E-state index in [9.17, 15) is 13.6 Å². The van der Waals surface area contributed by atoms with Gasteiger partial charge in [-0.3, -0.25) is 4.79 Å². The summed E-state index contributed by atoms with van der Waals surface area (Å²) in [7, 11) is 0. The maximum Gasteiger partial charge on any atom is 0.159 e. The number of hydrogen-bond donors (Lipinski definition) is 0. The van der Waals surface area contributed by atoms with Gasteiger partial charge in [-0.05, 0) is 43.9 Å². The standard InChI is InChI=1S/C12H12F2O/c1-8(15)12(4-5-12)7-9-2-3-10(13)11(14)6-9/h2-3,6H,4-5,7H2,1H3. The SMILES string of the molecule is CC(=O)C1(Cc2ccc(F)c(F)c2)CC1. The fraction of sp³-hybridized carbons (Fsp3) is 0.417. The van der Waals surface area contributed by atoms with Gasteiger partial charge in [-0.15, -0.1) is 0 Å². The Hall–Kier alpha value is -1.25. The number of Topliss-reactive ketones (excluding diaryl/α,β-unsaturated/α-hetero) is 1. The van der Waals surface area contributed by atoms with Gasteiger partial charge in [0.25, 0.3) is 0 Å². The highest BCUT2D eigenvalue weighted by Gasteiger charge is 2.46. The zero-order chi connectivity index (χ0) is 11.1. The average Bonchev–Trinajstić information content (AvgIpc) is 2.93. The maximum atomic E-state index is 12.9. The van der Waals surface area contributed by atoms with Crippen molar-refractivity contribution in [3.63, 3.8) is 0 Å². The molecule has 15 heavy (non-hydrogen) atoms. The minimum Gasteiger partial charge on any atom is -0.299 e. The summed E-state index contributed by atoms with van der Waals surface area (Å²) in [4.78, 5) is 11.3. The first-order valence-electron chi connectivity index (χ1n) is 4.98. The Labute approximate surface area is 87.1 Å². The van der Waals surface area contributed by atoms with Gasteiger partial charge in [0.05, 0.1) is 0 Å². The number of hydrogen-bond acceptors (Lipinski definition) is 1. The Bertz CT molecular complexity index is 408. The van der Waals surface area contributed by atoms with Crippen molar-refractivity contribution in [1.82, 2.24) is 0 Å². The summed E-state index contributed by atoms with van der Waals surface area (Å²) in [6.45, 7) is 1.56. The van der Waals surface area contributed by atoms with Crippen LogP contribution in [0, 0.1) is 17.0 Å². The van der Waals surface area contributed by atoms with E-state index in [0.29, 0.717) is 12.0 Å². The van der Waals surface area contributed by atoms with Crippen LogP contribution in [-0.2, 0) is 11.2 Å². The quantitative estimate of drug-likeness (QED) is 0.749. The normalized spacial score (nSPS) is 17.5. The third kappa shape index (κ3) is 1.91. The van der Waals surface area contributed by atoms with Crippen molar-refractivity contribution in [2.24, 2.45) is 5.41 Å². The van der Waals surface area contributed by atoms with Crippen LogP contribution in [0.25, 0.3) is 0 Å². The van der Waals surface area contributed by atoms with Gasteiger partial charge in [0.15, 0.2) is 11.6 Å². The fourth-order valence-electron chi connectivity index (χ4n) is 1.84. The average molecular weight is 210 g/mol. The molecule has 0 radical (unpaired) electrons. The smallest absolute Gasteiger partial charge is 0.159 e. The predicted octanol–water partition coefficient (Wildman–Crippen LogP) is 2.88. The van der Waals surface area contributed by atoms with Crippen LogP contribution < -0.4 is 0 Å². The number of carbonyl (C=O) groups is 1. The van der Waals surface area contributed by atoms with Crippen LogP contribution >= 0.6 is 0 Å². The van der Waals surface area contributed by atoms with Crippen LogP contribution in [0.5, 0.6) is 0 Å². The number of ketones is 1. The fourth-order valence-corrected chi connectivity index (χ4v) is 1.84. The third-order valence-corrected chi connectivity index (χ3v) is 3.13. The van der Waals surface area contributed by atoms with Gasteiger partial charge in [-0.2, -0.15) is 0 Å². The molecule has 0 aromatic heterocycles. The van der Waals surface area contributed by atoms with E-state index < -0.39 is 11.6 Å². The number of benzene rings is 1. The lowest BCUT2D eigenvalue weighted by Gasteiger charge is -2.10. The minimum atomic E-state index is -0.841. The first kappa shape index (κ1) is 10.3. The molecule has 1 fully saturated rings. The molecule has 1 saturated carbocycles. The van der Waals surface area contributed by atoms with E-state index >= 15 is 0 Å². The molecule has 0 bridgehead atoms. The Kier molecular flexibility index (Phi) is 2.33. The van der Waals surface area contributed by atoms with Gasteiger partial charge >= 0.3 is 0 Å². The highest BCUT2D eigenvalue weighted by molar-refractivity contribution is 5.85. The Morgan fingerprint density at radius 2 is 2.00 bits per heavy atom. The van der Waals surface area contributed by atoms with Crippen LogP contribution in [0.1, 0.15) is 25.3 Å². The maximum absolute atomic E-state index is 12.9. The zero-order valence-electron chi connectivity index (χ0n) is 8.52. The molecule has 0 spiro atoms. The van der Waals surface area contributed by atoms with Gasteiger partial charge < -0.3 is 0 Å². The molecule has 0 unspecified atom stereocenters. The molecule has 1 nitrogen and oxygen atoms in total. The number of halogens is 2. The summed E-state index contributed by atoms with van der Waals surface area (Å²) in [5, 5.41) is 0. The first-order valence-corrected chi connectivity index (χ1v) is 4.98. The largest absolute Gasteiger partial charge is 0.299 e. The second-order valence-corrected chi connectivity index (χ2v) is 4.26. The van der Waals surface area contributed by atoms with Gasteiger partial charge in [0, 0.05) is 5.41 Å². The van der Waals surface area contributed by atoms with Crippen molar-refractivity contribution in [3.8, 4) is 0 Å². The summed E-state index contributed by atoms with van der Waals surface area (Å²) >= 11 is 0. The molecule has 0 aliphatic heterocycles. The predicted molar refractivity (Wildman–Crippen MR) is 52.4 cm³/mol. The molecule has 0 amide bonds. The van der Waals surface area contributed by atoms with Crippen LogP contribution in [0.2, 0.25) is 0 Å². The molecule has 0 heterocycles. The Balaban J connectivity index is 2.18. The molecular weight excluding hydrogens is 198 g/mol. The molecular formula is C12H12F2O. The van der Waals surface area contributed by atoms with E-state index in [1.807, 2.05) is 0 Å². The van der Waals surface area contributed by atoms with Gasteiger partial charge in [-0.25, -0.2) is 8.78 Å². The summed E-state index contributed by atoms with van der Waals surface area (Å²) in [5.74, 6) is -1.54. The van der Waals surface area contributed by atoms with E-state index in [-0.39, 0.29) is 11.2 Å². The van der Waals surface area contributed by atoms with Crippen LogP contribution in [0.15, 0.2) is 18.2 Å². The molecule has 80 valence electrons. The molecule has 2 rings (SSSR count). The van der Waals surface area contributed by atoms with E-state index in [1.165, 1.54) is 6.07 Å². The first-order chi connectivity index (χ1) is 7.03. The van der Waals surface area contributed by atoms with E-state index in [2.05, 4.69) is 0 Å². The van der Waals surface area contributed by atoms with Crippen molar-refractivity contribution < 1.29 is 13.6 Å². The number of rotatable bonds is 3. The molecule has 1 aliphatic carbocycles. The third-order valence-electron chi connectivity index (χ3n) is 3.13. The summed E-state index contributed by atoms with van der Waals surface area (Å²) in [6.07, 6.45) is 2.25. The second-order valence-electron chi connectivity index (χ2n) is 4.26.